The number of carbonyl (C=O) groups is 2. The lowest BCUT2D eigenvalue weighted by Gasteiger charge is -2.31. The first kappa shape index (κ1) is 11.8. The lowest BCUT2D eigenvalue weighted by atomic mass is 9.98. The van der Waals surface area contributed by atoms with Gasteiger partial charge in [-0.25, -0.2) is 0 Å². The Hall–Kier alpha value is -1.27. The molecule has 1 saturated heterocycles. The number of hydrogen-bond donors (Lipinski definition) is 1. The zero-order valence-corrected chi connectivity index (χ0v) is 7.75. The number of alkyl halides is 3. The molecule has 1 aliphatic rings. The number of hydrogen-bond acceptors (Lipinski definition) is 2. The highest BCUT2D eigenvalue weighted by Crippen LogP contribution is 2.23. The van der Waals surface area contributed by atoms with Crippen molar-refractivity contribution in [3.63, 3.8) is 0 Å². The van der Waals surface area contributed by atoms with E-state index in [0.717, 1.165) is 0 Å². The van der Waals surface area contributed by atoms with Crippen molar-refractivity contribution in [1.29, 1.82) is 0 Å². The van der Waals surface area contributed by atoms with Gasteiger partial charge in [0.2, 0.25) is 0 Å². The first-order valence-electron chi connectivity index (χ1n) is 4.41. The number of amides is 1. The summed E-state index contributed by atoms with van der Waals surface area (Å²) >= 11 is 0. The van der Waals surface area contributed by atoms with Gasteiger partial charge in [0.05, 0.1) is 5.92 Å². The zero-order valence-electron chi connectivity index (χ0n) is 7.75. The Kier molecular flexibility index (Phi) is 3.21. The van der Waals surface area contributed by atoms with E-state index in [0.29, 0.717) is 17.7 Å². The van der Waals surface area contributed by atoms with E-state index in [9.17, 15) is 22.8 Å². The number of halogens is 3. The summed E-state index contributed by atoms with van der Waals surface area (Å²) in [6, 6.07) is 0. The van der Waals surface area contributed by atoms with E-state index in [1.54, 1.807) is 0 Å². The molecule has 0 aliphatic carbocycles. The standard InChI is InChI=1S/C8H10F3NO3/c9-8(10,11)7(15)12-3-1-2-5(4-12)6(13)14/h5H,1-4H2,(H,13,14)/t5-/m0/s1. The van der Waals surface area contributed by atoms with E-state index < -0.39 is 24.0 Å². The first-order chi connectivity index (χ1) is 6.82. The van der Waals surface area contributed by atoms with Gasteiger partial charge in [0.1, 0.15) is 0 Å². The van der Waals surface area contributed by atoms with Crippen molar-refractivity contribution in [2.45, 2.75) is 19.0 Å². The molecular formula is C8H10F3NO3. The summed E-state index contributed by atoms with van der Waals surface area (Å²) in [6.07, 6.45) is -4.31. The van der Waals surface area contributed by atoms with E-state index in [4.69, 9.17) is 5.11 Å². The topological polar surface area (TPSA) is 57.6 Å². The van der Waals surface area contributed by atoms with Gasteiger partial charge in [-0.3, -0.25) is 9.59 Å². The number of carbonyl (C=O) groups excluding carboxylic acids is 1. The molecule has 1 aliphatic heterocycles. The predicted octanol–water partition coefficient (Wildman–Crippen LogP) is 0.872. The molecule has 0 aromatic heterocycles. The molecule has 0 bridgehead atoms. The van der Waals surface area contributed by atoms with Crippen LogP contribution in [0.1, 0.15) is 12.8 Å². The van der Waals surface area contributed by atoms with Crippen molar-refractivity contribution < 1.29 is 27.9 Å². The number of piperidine rings is 1. The molecular weight excluding hydrogens is 215 g/mol. The number of likely N-dealkylation sites (tertiary alicyclic amines) is 1. The molecule has 7 heteroatoms. The van der Waals surface area contributed by atoms with Crippen LogP contribution in [0.15, 0.2) is 0 Å². The normalized spacial score (nSPS) is 22.6. The third-order valence-electron chi connectivity index (χ3n) is 2.30. The van der Waals surface area contributed by atoms with E-state index in [-0.39, 0.29) is 13.1 Å². The van der Waals surface area contributed by atoms with Crippen LogP contribution in [0.2, 0.25) is 0 Å². The summed E-state index contributed by atoms with van der Waals surface area (Å²) in [7, 11) is 0. The number of carboxylic acid groups (broad SMARTS) is 1. The van der Waals surface area contributed by atoms with E-state index in [1.807, 2.05) is 0 Å². The fourth-order valence-electron chi connectivity index (χ4n) is 1.54. The molecule has 0 saturated carbocycles. The van der Waals surface area contributed by atoms with E-state index >= 15 is 0 Å². The number of nitrogens with zero attached hydrogens (tertiary/aromatic N) is 1. The maximum Gasteiger partial charge on any atom is 0.471 e. The van der Waals surface area contributed by atoms with Crippen molar-refractivity contribution in [3.8, 4) is 0 Å². The highest BCUT2D eigenvalue weighted by atomic mass is 19.4. The Labute approximate surface area is 83.7 Å². The molecule has 0 aromatic carbocycles. The van der Waals surface area contributed by atoms with Crippen LogP contribution in [0.5, 0.6) is 0 Å². The third-order valence-corrected chi connectivity index (χ3v) is 2.30. The minimum atomic E-state index is -4.92. The zero-order chi connectivity index (χ0) is 11.6. The second kappa shape index (κ2) is 4.08. The summed E-state index contributed by atoms with van der Waals surface area (Å²) in [4.78, 5) is 21.9. The van der Waals surface area contributed by atoms with E-state index in [2.05, 4.69) is 0 Å². The van der Waals surface area contributed by atoms with Gasteiger partial charge in [0, 0.05) is 13.1 Å². The average molecular weight is 225 g/mol. The minimum absolute atomic E-state index is 0.0257. The minimum Gasteiger partial charge on any atom is -0.481 e. The highest BCUT2D eigenvalue weighted by molar-refractivity contribution is 5.82. The Morgan fingerprint density at radius 3 is 2.40 bits per heavy atom. The molecule has 1 heterocycles. The van der Waals surface area contributed by atoms with Crippen LogP contribution in [0.4, 0.5) is 13.2 Å². The fraction of sp³-hybridized carbons (Fsp3) is 0.750. The van der Waals surface area contributed by atoms with Crippen LogP contribution < -0.4 is 0 Å². The van der Waals surface area contributed by atoms with Gasteiger partial charge < -0.3 is 10.0 Å². The molecule has 1 amide bonds. The van der Waals surface area contributed by atoms with Crippen LogP contribution in [-0.2, 0) is 9.59 Å². The molecule has 0 unspecified atom stereocenters. The smallest absolute Gasteiger partial charge is 0.471 e. The molecule has 1 fully saturated rings. The van der Waals surface area contributed by atoms with Gasteiger partial charge in [-0.1, -0.05) is 0 Å². The molecule has 15 heavy (non-hydrogen) atoms. The summed E-state index contributed by atoms with van der Waals surface area (Å²) in [5.74, 6) is -3.99. The molecule has 1 N–H and O–H groups in total. The maximum atomic E-state index is 12.0. The van der Waals surface area contributed by atoms with Gasteiger partial charge in [-0.2, -0.15) is 13.2 Å². The van der Waals surface area contributed by atoms with Crippen LogP contribution in [-0.4, -0.2) is 41.1 Å². The van der Waals surface area contributed by atoms with Crippen molar-refractivity contribution in [2.24, 2.45) is 5.92 Å². The largest absolute Gasteiger partial charge is 0.481 e. The summed E-state index contributed by atoms with van der Waals surface area (Å²) in [6.45, 7) is -0.379. The molecule has 1 rings (SSSR count). The second-order valence-corrected chi connectivity index (χ2v) is 3.43. The Balaban J connectivity index is 2.64. The molecule has 0 spiro atoms. The second-order valence-electron chi connectivity index (χ2n) is 3.43. The monoisotopic (exact) mass is 225 g/mol. The molecule has 86 valence electrons. The van der Waals surface area contributed by atoms with Gasteiger partial charge in [0.15, 0.2) is 0 Å². The van der Waals surface area contributed by atoms with Crippen molar-refractivity contribution >= 4 is 11.9 Å². The number of aliphatic carboxylic acids is 1. The Morgan fingerprint density at radius 1 is 1.33 bits per heavy atom. The van der Waals surface area contributed by atoms with Gasteiger partial charge in [0.25, 0.3) is 0 Å². The van der Waals surface area contributed by atoms with E-state index in [1.165, 1.54) is 0 Å². The van der Waals surface area contributed by atoms with Gasteiger partial charge in [-0.15, -0.1) is 0 Å². The highest BCUT2D eigenvalue weighted by Gasteiger charge is 2.44. The Bertz CT molecular complexity index is 277. The van der Waals surface area contributed by atoms with Crippen molar-refractivity contribution in [3.05, 3.63) is 0 Å². The Morgan fingerprint density at radius 2 is 1.93 bits per heavy atom. The lowest BCUT2D eigenvalue weighted by molar-refractivity contribution is -0.187. The van der Waals surface area contributed by atoms with Crippen LogP contribution in [0, 0.1) is 5.92 Å². The summed E-state index contributed by atoms with van der Waals surface area (Å²) in [5, 5.41) is 8.62. The average Bonchev–Trinajstić information content (AvgIpc) is 2.15. The number of rotatable bonds is 1. The molecule has 1 atom stereocenters. The maximum absolute atomic E-state index is 12.0. The summed E-state index contributed by atoms with van der Waals surface area (Å²) < 4.78 is 36.1. The van der Waals surface area contributed by atoms with Crippen LogP contribution >= 0.6 is 0 Å². The van der Waals surface area contributed by atoms with Crippen LogP contribution in [0.25, 0.3) is 0 Å². The number of carboxylic acids is 1. The molecule has 0 aromatic rings. The quantitative estimate of drug-likeness (QED) is 0.720. The molecule has 4 nitrogen and oxygen atoms in total. The summed E-state index contributed by atoms with van der Waals surface area (Å²) in [5.41, 5.74) is 0. The lowest BCUT2D eigenvalue weighted by Crippen LogP contribution is -2.47. The van der Waals surface area contributed by atoms with Gasteiger partial charge in [-0.05, 0) is 12.8 Å². The van der Waals surface area contributed by atoms with Crippen molar-refractivity contribution in [2.75, 3.05) is 13.1 Å². The van der Waals surface area contributed by atoms with Crippen LogP contribution in [0.3, 0.4) is 0 Å². The molecule has 0 radical (unpaired) electrons. The van der Waals surface area contributed by atoms with Gasteiger partial charge >= 0.3 is 18.1 Å². The van der Waals surface area contributed by atoms with Crippen molar-refractivity contribution in [1.82, 2.24) is 4.90 Å². The first-order valence-corrected chi connectivity index (χ1v) is 4.41. The SMILES string of the molecule is O=C(O)[C@H]1CCCN(C(=O)C(F)(F)F)C1. The fourth-order valence-corrected chi connectivity index (χ4v) is 1.54. The predicted molar refractivity (Wildman–Crippen MR) is 43.0 cm³/mol. The third kappa shape index (κ3) is 2.84.